The third-order valence-electron chi connectivity index (χ3n) is 5.76. The minimum absolute atomic E-state index is 0.342. The Morgan fingerprint density at radius 1 is 0.833 bits per heavy atom. The van der Waals surface area contributed by atoms with Crippen LogP contribution >= 0.6 is 8.03 Å². The normalized spacial score (nSPS) is 24.4. The third kappa shape index (κ3) is 12.8. The maximum atomic E-state index is 11.5. The number of unbranched alkanes of at least 4 members (excludes halogenated alkanes) is 13. The van der Waals surface area contributed by atoms with Crippen molar-refractivity contribution in [2.75, 3.05) is 27.0 Å². The van der Waals surface area contributed by atoms with E-state index in [1.807, 2.05) is 0 Å². The number of hydrogen-bond donors (Lipinski definition) is 0. The topological polar surface area (TPSA) is 54.0 Å². The Morgan fingerprint density at radius 2 is 1.33 bits per heavy atom. The van der Waals surface area contributed by atoms with Gasteiger partial charge in [0.25, 0.3) is 0 Å². The van der Waals surface area contributed by atoms with Crippen molar-refractivity contribution in [1.82, 2.24) is 0 Å². The lowest BCUT2D eigenvalue weighted by molar-refractivity contribution is -0.0179. The Labute approximate surface area is 187 Å². The van der Waals surface area contributed by atoms with Crippen molar-refractivity contribution in [3.05, 3.63) is 0 Å². The van der Waals surface area contributed by atoms with E-state index in [1.165, 1.54) is 83.7 Å². The molecule has 0 aliphatic carbocycles. The molecule has 1 aliphatic rings. The molecule has 0 aromatic rings. The van der Waals surface area contributed by atoms with Gasteiger partial charge in [0.2, 0.25) is 0 Å². The van der Waals surface area contributed by atoms with Crippen LogP contribution in [0.2, 0.25) is 0 Å². The predicted molar refractivity (Wildman–Crippen MR) is 125 cm³/mol. The van der Waals surface area contributed by atoms with E-state index in [0.29, 0.717) is 13.2 Å². The highest BCUT2D eigenvalue weighted by Crippen LogP contribution is 2.32. The van der Waals surface area contributed by atoms with Gasteiger partial charge in [-0.05, 0) is 11.0 Å². The second-order valence-electron chi connectivity index (χ2n) is 8.54. The molecule has 0 saturated carbocycles. The quantitative estimate of drug-likeness (QED) is 0.128. The first-order valence-electron chi connectivity index (χ1n) is 12.2. The van der Waals surface area contributed by atoms with Crippen molar-refractivity contribution < 1.29 is 23.3 Å². The van der Waals surface area contributed by atoms with Crippen LogP contribution in [0.5, 0.6) is 0 Å². The van der Waals surface area contributed by atoms with Crippen LogP contribution in [-0.4, -0.2) is 59.1 Å². The smallest absolute Gasteiger partial charge is 0.382 e. The minimum Gasteiger partial charge on any atom is -0.382 e. The summed E-state index contributed by atoms with van der Waals surface area (Å²) in [5.74, 6) is 0. The summed E-state index contributed by atoms with van der Waals surface area (Å²) in [5.41, 5.74) is 0. The molecule has 1 rings (SSSR count). The maximum absolute atomic E-state index is 11.5. The van der Waals surface area contributed by atoms with Gasteiger partial charge in [-0.15, -0.1) is 4.52 Å². The molecule has 5 atom stereocenters. The summed E-state index contributed by atoms with van der Waals surface area (Å²) in [7, 11) is 5.89. The molecule has 0 aromatic heterocycles. The summed E-state index contributed by atoms with van der Waals surface area (Å²) in [6.45, 7) is 4.78. The molecule has 1 fully saturated rings. The van der Waals surface area contributed by atoms with Crippen LogP contribution in [0.4, 0.5) is 0 Å². The van der Waals surface area contributed by atoms with E-state index in [1.54, 1.807) is 7.11 Å². The first-order valence-corrected chi connectivity index (χ1v) is 13.8. The van der Waals surface area contributed by atoms with Crippen molar-refractivity contribution in [2.24, 2.45) is 0 Å². The number of rotatable bonds is 20. The molecule has 7 heteroatoms. The Morgan fingerprint density at radius 3 is 1.80 bits per heavy atom. The van der Waals surface area contributed by atoms with Gasteiger partial charge in [0.05, 0.1) is 6.61 Å². The highest BCUT2D eigenvalue weighted by Gasteiger charge is 2.47. The Kier molecular flexibility index (Phi) is 17.4. The molecule has 0 aromatic carbocycles. The van der Waals surface area contributed by atoms with Crippen LogP contribution in [0.1, 0.15) is 96.8 Å². The Balaban J connectivity index is 2.00. The summed E-state index contributed by atoms with van der Waals surface area (Å²) in [4.78, 5) is 0. The summed E-state index contributed by atoms with van der Waals surface area (Å²) in [6.07, 6.45) is 17.4. The van der Waals surface area contributed by atoms with Crippen LogP contribution in [0.25, 0.3) is 0 Å². The van der Waals surface area contributed by atoms with Gasteiger partial charge in [0, 0.05) is 19.7 Å². The zero-order valence-corrected chi connectivity index (χ0v) is 20.6. The predicted octanol–water partition coefficient (Wildman–Crippen LogP) is 6.15. The fraction of sp³-hybridized carbons (Fsp3) is 1.00. The summed E-state index contributed by atoms with van der Waals surface area (Å²) in [5, 5.41) is 0. The highest BCUT2D eigenvalue weighted by atomic mass is 31.1. The van der Waals surface area contributed by atoms with Gasteiger partial charge in [-0.25, -0.2) is 0 Å². The van der Waals surface area contributed by atoms with E-state index >= 15 is 0 Å². The minimum atomic E-state index is -1.75. The van der Waals surface area contributed by atoms with Crippen molar-refractivity contribution >= 4 is 15.9 Å². The van der Waals surface area contributed by atoms with Crippen LogP contribution in [0.15, 0.2) is 0 Å². The van der Waals surface area contributed by atoms with Crippen LogP contribution < -0.4 is 0 Å². The van der Waals surface area contributed by atoms with Crippen LogP contribution in [0.3, 0.4) is 0 Å². The van der Waals surface area contributed by atoms with E-state index < -0.39 is 26.2 Å². The molecule has 2 radical (unpaired) electrons. The van der Waals surface area contributed by atoms with Crippen LogP contribution in [-0.2, 0) is 23.3 Å². The first kappa shape index (κ1) is 28.0. The molecule has 1 saturated heterocycles. The van der Waals surface area contributed by atoms with Gasteiger partial charge < -0.3 is 14.2 Å². The summed E-state index contributed by atoms with van der Waals surface area (Å²) >= 11 is 0. The average molecular weight is 443 g/mol. The van der Waals surface area contributed by atoms with Gasteiger partial charge in [0.15, 0.2) is 12.8 Å². The molecular weight excluding hydrogens is 398 g/mol. The lowest BCUT2D eigenvalue weighted by Crippen LogP contribution is -2.38. The molecule has 0 N–H and O–H groups in total. The molecule has 5 nitrogen and oxygen atoms in total. The lowest BCUT2D eigenvalue weighted by atomic mass is 9.93. The van der Waals surface area contributed by atoms with Crippen molar-refractivity contribution in [3.63, 3.8) is 0 Å². The van der Waals surface area contributed by atoms with Gasteiger partial charge >= 0.3 is 8.03 Å². The van der Waals surface area contributed by atoms with Crippen molar-refractivity contribution in [2.45, 2.75) is 121 Å². The van der Waals surface area contributed by atoms with E-state index in [9.17, 15) is 4.57 Å². The molecule has 0 amide bonds. The molecule has 1 aliphatic heterocycles. The molecular formula is C23H45BO5P+. The lowest BCUT2D eigenvalue weighted by Gasteiger charge is -2.19. The van der Waals surface area contributed by atoms with E-state index in [4.69, 9.17) is 26.6 Å². The van der Waals surface area contributed by atoms with Gasteiger partial charge in [-0.1, -0.05) is 90.4 Å². The standard InChI is InChI=1S/C23H45BO5P/c1-4-5-6-7-8-9-10-11-12-13-14-15-16-17-18-27-22-21(29-30(3)25)20(19-26-2)28-23(22)24/h20-23H,4-19H2,1-3H3/q+1. The van der Waals surface area contributed by atoms with Crippen molar-refractivity contribution in [1.29, 1.82) is 0 Å². The second-order valence-corrected chi connectivity index (χ2v) is 9.63. The van der Waals surface area contributed by atoms with E-state index in [0.717, 1.165) is 12.8 Å². The molecule has 30 heavy (non-hydrogen) atoms. The number of methoxy groups -OCH3 is 1. The fourth-order valence-corrected chi connectivity index (χ4v) is 4.66. The zero-order chi connectivity index (χ0) is 22.0. The molecule has 174 valence electrons. The molecule has 0 spiro atoms. The van der Waals surface area contributed by atoms with E-state index in [2.05, 4.69) is 6.92 Å². The van der Waals surface area contributed by atoms with Crippen molar-refractivity contribution in [3.8, 4) is 0 Å². The summed E-state index contributed by atoms with van der Waals surface area (Å²) < 4.78 is 33.9. The van der Waals surface area contributed by atoms with E-state index in [-0.39, 0.29) is 6.10 Å². The van der Waals surface area contributed by atoms with Gasteiger partial charge in [-0.3, -0.25) is 0 Å². The molecule has 1 heterocycles. The average Bonchev–Trinajstić information content (AvgIpc) is 2.99. The fourth-order valence-electron chi connectivity index (χ4n) is 4.06. The molecule has 0 bridgehead atoms. The Hall–Kier alpha value is 0.00494. The maximum Gasteiger partial charge on any atom is 0.505 e. The van der Waals surface area contributed by atoms with Crippen LogP contribution in [0, 0.1) is 0 Å². The monoisotopic (exact) mass is 443 g/mol. The van der Waals surface area contributed by atoms with Gasteiger partial charge in [0.1, 0.15) is 20.1 Å². The largest absolute Gasteiger partial charge is 0.505 e. The second kappa shape index (κ2) is 18.6. The van der Waals surface area contributed by atoms with Gasteiger partial charge in [-0.2, -0.15) is 0 Å². The zero-order valence-electron chi connectivity index (χ0n) is 19.7. The Bertz CT molecular complexity index is 426. The molecule has 5 unspecified atom stereocenters. The highest BCUT2D eigenvalue weighted by molar-refractivity contribution is 7.38. The third-order valence-corrected chi connectivity index (χ3v) is 6.30. The first-order chi connectivity index (χ1) is 14.6. The number of ether oxygens (including phenoxy) is 3. The SMILES string of the molecule is [B]C1OC(COC)C(O[P+](C)=O)C1OCCCCCCCCCCCCCCCC. The number of hydrogen-bond acceptors (Lipinski definition) is 5. The summed E-state index contributed by atoms with van der Waals surface area (Å²) in [6, 6.07) is -0.572.